The molecule has 2 rings (SSSR count). The van der Waals surface area contributed by atoms with Crippen LogP contribution in [0, 0.1) is 0 Å². The topological polar surface area (TPSA) is 50.2 Å². The van der Waals surface area contributed by atoms with Crippen molar-refractivity contribution in [1.82, 2.24) is 14.6 Å². The average molecular weight is 159 g/mol. The summed E-state index contributed by atoms with van der Waals surface area (Å²) in [5, 5.41) is 6.08. The van der Waals surface area contributed by atoms with Crippen molar-refractivity contribution in [2.24, 2.45) is 0 Å². The molecule has 0 aliphatic carbocycles. The monoisotopic (exact) mass is 159 g/mol. The Morgan fingerprint density at radius 1 is 1.45 bits per heavy atom. The summed E-state index contributed by atoms with van der Waals surface area (Å²) < 4.78 is 1.44. The van der Waals surface area contributed by atoms with Crippen molar-refractivity contribution in [3.63, 3.8) is 0 Å². The fraction of sp³-hybridized carbons (Fsp3) is 0. The van der Waals surface area contributed by atoms with Gasteiger partial charge in [-0.05, 0) is 12.1 Å². The normalized spacial score (nSPS) is 9.45. The van der Waals surface area contributed by atoms with Crippen molar-refractivity contribution >= 4 is 35.2 Å². The van der Waals surface area contributed by atoms with E-state index in [9.17, 15) is 4.79 Å². The van der Waals surface area contributed by atoms with E-state index in [-0.39, 0.29) is 35.2 Å². The quantitative estimate of drug-likeness (QED) is 0.520. The van der Waals surface area contributed by atoms with Crippen molar-refractivity contribution in [1.29, 1.82) is 0 Å². The summed E-state index contributed by atoms with van der Waals surface area (Å²) in [6.07, 6.45) is 1.67. The van der Waals surface area contributed by atoms with E-state index >= 15 is 0 Å². The predicted molar refractivity (Wildman–Crippen MR) is 43.0 cm³/mol. The third-order valence-electron chi connectivity index (χ3n) is 1.32. The molecule has 0 saturated carbocycles. The molecule has 0 aliphatic heterocycles. The van der Waals surface area contributed by atoms with Gasteiger partial charge in [-0.15, -0.1) is 0 Å². The number of fused-ring (bicyclic) bond motifs is 1. The molecular formula is C6H6N3NaO. The van der Waals surface area contributed by atoms with Gasteiger partial charge in [0.1, 0.15) is 0 Å². The van der Waals surface area contributed by atoms with Crippen LogP contribution in [0.5, 0.6) is 0 Å². The molecule has 4 nitrogen and oxygen atoms in total. The SMILES string of the molecule is O=c1[nH]nc2ccccn12.[NaH]. The molecule has 0 spiro atoms. The molecular weight excluding hydrogens is 153 g/mol. The Bertz CT molecular complexity index is 405. The minimum absolute atomic E-state index is 0. The predicted octanol–water partition coefficient (Wildman–Crippen LogP) is -0.626. The van der Waals surface area contributed by atoms with Gasteiger partial charge in [-0.2, -0.15) is 5.10 Å². The van der Waals surface area contributed by atoms with Crippen LogP contribution in [0.2, 0.25) is 0 Å². The fourth-order valence-corrected chi connectivity index (χ4v) is 0.856. The second-order valence-corrected chi connectivity index (χ2v) is 1.96. The molecule has 2 aromatic heterocycles. The number of nitrogens with zero attached hydrogens (tertiary/aromatic N) is 2. The molecule has 0 aliphatic rings. The van der Waals surface area contributed by atoms with Crippen LogP contribution in [-0.2, 0) is 0 Å². The number of aromatic amines is 1. The third kappa shape index (κ3) is 1.38. The van der Waals surface area contributed by atoms with Crippen molar-refractivity contribution < 1.29 is 0 Å². The standard InChI is InChI=1S/C6H5N3O.Na.H/c10-6-8-7-5-3-1-2-4-9(5)6;;/h1-4H,(H,8,10);;. The van der Waals surface area contributed by atoms with Gasteiger partial charge in [-0.3, -0.25) is 4.40 Å². The van der Waals surface area contributed by atoms with Crippen molar-refractivity contribution in [3.05, 3.63) is 34.9 Å². The molecule has 52 valence electrons. The molecule has 0 radical (unpaired) electrons. The van der Waals surface area contributed by atoms with Gasteiger partial charge in [-0.1, -0.05) is 6.07 Å². The van der Waals surface area contributed by atoms with E-state index < -0.39 is 0 Å². The summed E-state index contributed by atoms with van der Waals surface area (Å²) >= 11 is 0. The van der Waals surface area contributed by atoms with E-state index in [1.54, 1.807) is 18.3 Å². The summed E-state index contributed by atoms with van der Waals surface area (Å²) in [6, 6.07) is 5.37. The molecule has 0 atom stereocenters. The van der Waals surface area contributed by atoms with Crippen LogP contribution in [0.25, 0.3) is 5.65 Å². The number of H-pyrrole nitrogens is 1. The van der Waals surface area contributed by atoms with Gasteiger partial charge in [0.05, 0.1) is 0 Å². The van der Waals surface area contributed by atoms with E-state index in [1.165, 1.54) is 4.40 Å². The molecule has 11 heavy (non-hydrogen) atoms. The minimum atomic E-state index is -0.199. The Balaban J connectivity index is 0.000000605. The van der Waals surface area contributed by atoms with Gasteiger partial charge in [-0.25, -0.2) is 9.89 Å². The summed E-state index contributed by atoms with van der Waals surface area (Å²) in [4.78, 5) is 10.8. The number of hydrogen-bond acceptors (Lipinski definition) is 2. The third-order valence-corrected chi connectivity index (χ3v) is 1.32. The first kappa shape index (κ1) is 8.52. The zero-order valence-corrected chi connectivity index (χ0v) is 5.11. The summed E-state index contributed by atoms with van der Waals surface area (Å²) in [5.41, 5.74) is 0.447. The van der Waals surface area contributed by atoms with Crippen LogP contribution in [0.15, 0.2) is 29.2 Å². The first-order valence-corrected chi connectivity index (χ1v) is 2.90. The Morgan fingerprint density at radius 3 is 3.00 bits per heavy atom. The second kappa shape index (κ2) is 3.21. The van der Waals surface area contributed by atoms with Crippen LogP contribution in [-0.4, -0.2) is 44.2 Å². The Morgan fingerprint density at radius 2 is 2.27 bits per heavy atom. The van der Waals surface area contributed by atoms with Crippen LogP contribution in [0.4, 0.5) is 0 Å². The van der Waals surface area contributed by atoms with E-state index in [4.69, 9.17) is 0 Å². The number of pyridine rings is 1. The molecule has 0 bridgehead atoms. The Labute approximate surface area is 84.5 Å². The van der Waals surface area contributed by atoms with E-state index in [0.717, 1.165) is 0 Å². The van der Waals surface area contributed by atoms with Gasteiger partial charge in [0, 0.05) is 6.20 Å². The van der Waals surface area contributed by atoms with Crippen molar-refractivity contribution in [2.75, 3.05) is 0 Å². The number of nitrogens with one attached hydrogen (secondary N) is 1. The van der Waals surface area contributed by atoms with Gasteiger partial charge in [0.15, 0.2) is 5.65 Å². The number of rotatable bonds is 0. The van der Waals surface area contributed by atoms with Gasteiger partial charge in [0.25, 0.3) is 0 Å². The zero-order chi connectivity index (χ0) is 6.97. The molecule has 0 amide bonds. The fourth-order valence-electron chi connectivity index (χ4n) is 0.856. The Kier molecular flexibility index (Phi) is 2.49. The van der Waals surface area contributed by atoms with E-state index in [1.807, 2.05) is 6.07 Å². The second-order valence-electron chi connectivity index (χ2n) is 1.96. The van der Waals surface area contributed by atoms with Crippen LogP contribution in [0.3, 0.4) is 0 Å². The number of hydrogen-bond donors (Lipinski definition) is 1. The van der Waals surface area contributed by atoms with Gasteiger partial charge >= 0.3 is 35.2 Å². The first-order valence-electron chi connectivity index (χ1n) is 2.90. The summed E-state index contributed by atoms with van der Waals surface area (Å²) in [5.74, 6) is 0. The summed E-state index contributed by atoms with van der Waals surface area (Å²) in [6.45, 7) is 0. The molecule has 0 fully saturated rings. The van der Waals surface area contributed by atoms with Crippen molar-refractivity contribution in [3.8, 4) is 0 Å². The van der Waals surface area contributed by atoms with Gasteiger partial charge in [0.2, 0.25) is 0 Å². The maximum absolute atomic E-state index is 10.8. The molecule has 0 saturated heterocycles. The van der Waals surface area contributed by atoms with Crippen LogP contribution in [0.1, 0.15) is 0 Å². The molecule has 0 unspecified atom stereocenters. The average Bonchev–Trinajstić information content (AvgIpc) is 2.34. The van der Waals surface area contributed by atoms with Crippen molar-refractivity contribution in [2.45, 2.75) is 0 Å². The molecule has 2 heterocycles. The van der Waals surface area contributed by atoms with E-state index in [2.05, 4.69) is 10.2 Å². The van der Waals surface area contributed by atoms with Gasteiger partial charge < -0.3 is 0 Å². The maximum atomic E-state index is 10.8. The molecule has 0 aromatic carbocycles. The van der Waals surface area contributed by atoms with Crippen LogP contribution < -0.4 is 5.69 Å². The number of aromatic nitrogens is 3. The summed E-state index contributed by atoms with van der Waals surface area (Å²) in [7, 11) is 0. The Hall–Kier alpha value is -0.580. The zero-order valence-electron chi connectivity index (χ0n) is 5.11. The van der Waals surface area contributed by atoms with Crippen LogP contribution >= 0.6 is 0 Å². The molecule has 5 heteroatoms. The molecule has 1 N–H and O–H groups in total. The van der Waals surface area contributed by atoms with E-state index in [0.29, 0.717) is 5.65 Å². The molecule has 2 aromatic rings. The first-order chi connectivity index (χ1) is 4.88.